The average molecular weight is 1330 g/mol. The van der Waals surface area contributed by atoms with Crippen molar-refractivity contribution >= 4 is 82.2 Å². The Kier molecular flexibility index (Phi) is 25.8. The number of ether oxygens (including phenoxy) is 8. The van der Waals surface area contributed by atoms with Gasteiger partial charge in [-0.15, -0.1) is 0 Å². The van der Waals surface area contributed by atoms with E-state index in [4.69, 9.17) is 105 Å². The number of hydroxylamine groups is 4. The van der Waals surface area contributed by atoms with E-state index < -0.39 is 73.1 Å². The van der Waals surface area contributed by atoms with Gasteiger partial charge in [0.25, 0.3) is 0 Å². The molecule has 6 N–H and O–H groups in total. The molecule has 2 aromatic rings. The molecule has 26 heteroatoms. The zero-order chi connectivity index (χ0) is 64.8. The Morgan fingerprint density at radius 1 is 0.522 bits per heavy atom. The van der Waals surface area contributed by atoms with Crippen molar-refractivity contribution in [1.29, 1.82) is 0 Å². The van der Waals surface area contributed by atoms with Gasteiger partial charge in [-0.25, -0.2) is 28.8 Å². The lowest BCUT2D eigenvalue weighted by atomic mass is 9.80. The highest BCUT2D eigenvalue weighted by atomic mass is 35.5. The van der Waals surface area contributed by atoms with Crippen LogP contribution in [0.3, 0.4) is 0 Å². The number of aliphatic hydroxyl groups is 2. The normalized spacial score (nSPS) is 19.6. The molecule has 2 unspecified atom stereocenters. The Balaban J connectivity index is 1.15. The van der Waals surface area contributed by atoms with Gasteiger partial charge >= 0.3 is 35.8 Å². The van der Waals surface area contributed by atoms with Crippen molar-refractivity contribution in [2.45, 2.75) is 89.3 Å². The van der Waals surface area contributed by atoms with Crippen LogP contribution in [-0.4, -0.2) is 162 Å². The molecule has 0 saturated heterocycles. The minimum absolute atomic E-state index is 0.0198. The van der Waals surface area contributed by atoms with E-state index in [0.717, 1.165) is 75.7 Å². The fraction of sp³-hybridized carbons (Fsp3) is 0.531. The zero-order valence-corrected chi connectivity index (χ0v) is 53.7. The molecule has 4 atom stereocenters. The monoisotopic (exact) mass is 1330 g/mol. The van der Waals surface area contributed by atoms with E-state index in [-0.39, 0.29) is 142 Å². The third-order valence-electron chi connectivity index (χ3n) is 16.4. The maximum atomic E-state index is 14.9. The number of rotatable bonds is 35. The number of hydrogen-bond acceptors (Lipinski definition) is 22. The van der Waals surface area contributed by atoms with Gasteiger partial charge in [0.2, 0.25) is 0 Å². The predicted molar refractivity (Wildman–Crippen MR) is 329 cm³/mol. The van der Waals surface area contributed by atoms with Crippen LogP contribution in [-0.2, 0) is 76.3 Å². The topological polar surface area (TPSA) is 294 Å². The molecule has 0 aromatic heterocycles. The first-order valence-corrected chi connectivity index (χ1v) is 31.6. The first-order valence-electron chi connectivity index (χ1n) is 30.1. The number of benzene rings is 2. The maximum Gasteiger partial charge on any atom is 0.364 e. The van der Waals surface area contributed by atoms with E-state index in [1.807, 2.05) is 0 Å². The van der Waals surface area contributed by atoms with Crippen LogP contribution in [0.2, 0.25) is 20.1 Å². The summed E-state index contributed by atoms with van der Waals surface area (Å²) in [5.41, 5.74) is 9.29. The van der Waals surface area contributed by atoms with Crippen LogP contribution in [0.4, 0.5) is 0 Å². The quantitative estimate of drug-likeness (QED) is 0.0221. The number of methoxy groups -OCH3 is 2. The molecule has 490 valence electrons. The smallest absolute Gasteiger partial charge is 0.364 e. The fourth-order valence-corrected chi connectivity index (χ4v) is 12.2. The van der Waals surface area contributed by atoms with E-state index >= 15 is 0 Å². The van der Waals surface area contributed by atoms with Crippen LogP contribution in [0, 0.1) is 35.5 Å². The molecule has 22 nitrogen and oxygen atoms in total. The number of aliphatic hydroxyl groups excluding tert-OH is 2. The predicted octanol–water partition coefficient (Wildman–Crippen LogP) is 7.89. The molecule has 2 aliphatic heterocycles. The van der Waals surface area contributed by atoms with E-state index in [1.165, 1.54) is 38.1 Å². The van der Waals surface area contributed by atoms with E-state index in [1.54, 1.807) is 24.3 Å². The van der Waals surface area contributed by atoms with Crippen molar-refractivity contribution in [3.8, 4) is 0 Å². The number of halogens is 4. The highest BCUT2D eigenvalue weighted by Gasteiger charge is 2.49. The molecular weight excluding hydrogens is 1250 g/mol. The van der Waals surface area contributed by atoms with Crippen molar-refractivity contribution in [3.63, 3.8) is 0 Å². The van der Waals surface area contributed by atoms with Crippen LogP contribution in [0.25, 0.3) is 0 Å². The largest absolute Gasteiger partial charge is 0.466 e. The van der Waals surface area contributed by atoms with Crippen molar-refractivity contribution in [2.75, 3.05) is 93.4 Å². The summed E-state index contributed by atoms with van der Waals surface area (Å²) in [5.74, 6) is -7.59. The number of esters is 4. The Bertz CT molecular complexity index is 2920. The van der Waals surface area contributed by atoms with E-state index in [0.29, 0.717) is 35.5 Å². The Morgan fingerprint density at radius 3 is 1.19 bits per heavy atom. The lowest BCUT2D eigenvalue weighted by molar-refractivity contribution is -0.206. The molecule has 4 aliphatic carbocycles. The molecule has 2 heterocycles. The summed E-state index contributed by atoms with van der Waals surface area (Å²) in [6.45, 7) is 1.70. The van der Waals surface area contributed by atoms with Gasteiger partial charge in [0.1, 0.15) is 13.2 Å². The molecule has 0 spiro atoms. The van der Waals surface area contributed by atoms with Gasteiger partial charge in [-0.1, -0.05) is 95.0 Å². The average Bonchev–Trinajstić information content (AvgIpc) is 1.09. The molecule has 4 saturated carbocycles. The fourth-order valence-electron chi connectivity index (χ4n) is 11.4. The second kappa shape index (κ2) is 33.1. The number of nitrogens with zero attached hydrogens (tertiary/aromatic N) is 2. The second-order valence-electron chi connectivity index (χ2n) is 22.6. The van der Waals surface area contributed by atoms with Crippen LogP contribution < -0.4 is 11.5 Å². The summed E-state index contributed by atoms with van der Waals surface area (Å²) in [7, 11) is 2.16. The Labute approximate surface area is 542 Å². The third kappa shape index (κ3) is 17.4. The molecule has 90 heavy (non-hydrogen) atoms. The van der Waals surface area contributed by atoms with Crippen molar-refractivity contribution in [2.24, 2.45) is 47.0 Å². The summed E-state index contributed by atoms with van der Waals surface area (Å²) < 4.78 is 45.5. The maximum absolute atomic E-state index is 14.9. The summed E-state index contributed by atoms with van der Waals surface area (Å²) in [5, 5.41) is 25.0. The lowest BCUT2D eigenvalue weighted by Crippen LogP contribution is -2.47. The van der Waals surface area contributed by atoms with Crippen LogP contribution in [0.1, 0.15) is 88.2 Å². The summed E-state index contributed by atoms with van der Waals surface area (Å²) in [6.07, 6.45) is 10.8. The van der Waals surface area contributed by atoms with Gasteiger partial charge in [0, 0.05) is 13.1 Å². The molecule has 6 aliphatic rings. The molecule has 0 amide bonds. The molecule has 4 fully saturated rings. The molecule has 2 aromatic carbocycles. The van der Waals surface area contributed by atoms with E-state index in [2.05, 4.69) is 12.2 Å². The molecular formula is C64H78Cl4N4O18. The number of hydrogen-bond donors (Lipinski definition) is 4. The van der Waals surface area contributed by atoms with Crippen LogP contribution in [0.5, 0.6) is 0 Å². The van der Waals surface area contributed by atoms with Gasteiger partial charge in [-0.05, 0) is 124 Å². The van der Waals surface area contributed by atoms with Crippen molar-refractivity contribution in [1.82, 2.24) is 10.1 Å². The van der Waals surface area contributed by atoms with Gasteiger partial charge in [0.15, 0.2) is 12.2 Å². The first-order chi connectivity index (χ1) is 43.4. The highest BCUT2D eigenvalue weighted by molar-refractivity contribution is 6.43. The lowest BCUT2D eigenvalue weighted by Gasteiger charge is -2.38. The van der Waals surface area contributed by atoms with Gasteiger partial charge < -0.3 is 69.3 Å². The molecule has 0 radical (unpaired) electrons. The van der Waals surface area contributed by atoms with Gasteiger partial charge in [0.05, 0.1) is 144 Å². The van der Waals surface area contributed by atoms with Crippen LogP contribution >= 0.6 is 46.4 Å². The number of carbonyl (C=O) groups excluding carboxylic acids is 6. The first kappa shape index (κ1) is 70.0. The van der Waals surface area contributed by atoms with Crippen molar-refractivity contribution < 1.29 is 86.6 Å². The number of carbonyl (C=O) groups is 6. The summed E-state index contributed by atoms with van der Waals surface area (Å²) >= 11 is 27.0. The summed E-state index contributed by atoms with van der Waals surface area (Å²) in [4.78, 5) is 99.1. The third-order valence-corrected chi connectivity index (χ3v) is 18.1. The molecule has 0 bridgehead atoms. The minimum atomic E-state index is -2.84. The summed E-state index contributed by atoms with van der Waals surface area (Å²) in [6, 6.07) is 9.14. The Morgan fingerprint density at radius 2 is 0.867 bits per heavy atom. The highest BCUT2D eigenvalue weighted by Crippen LogP contribution is 2.52. The van der Waals surface area contributed by atoms with Gasteiger partial charge in [-0.2, -0.15) is 10.1 Å². The minimum Gasteiger partial charge on any atom is -0.466 e. The number of nitrogens with two attached hydrogens (primary N) is 2. The second-order valence-corrected chi connectivity index (χ2v) is 24.2. The van der Waals surface area contributed by atoms with E-state index in [9.17, 15) is 39.0 Å². The Hall–Kier alpha value is -5.86. The van der Waals surface area contributed by atoms with Crippen molar-refractivity contribution in [3.05, 3.63) is 137 Å². The number of allylic oxidation sites excluding steroid dienone is 4. The molecule has 8 rings (SSSR count). The zero-order valence-electron chi connectivity index (χ0n) is 50.7. The SMILES string of the molecule is COC(=O)C1=C(C)N(OC(=O)C(O)C(O)C(=O)ON2C(C)=C(C(=O)OC)[C@H](c3cccc(Cl)c3Cl)C(C(=O)OC/C=C/C(C3CC3)C3CC3)=C2COCCOCCN)C(COCCOCCN)=C(C(=O)OC/C=C/C(C2CC2)C2CC2)[C@H]1c1cccc(Cl)c1Cl. The van der Waals surface area contributed by atoms with Crippen LogP contribution in [0.15, 0.2) is 106 Å². The van der Waals surface area contributed by atoms with Gasteiger partial charge in [-0.3, -0.25) is 0 Å². The standard InChI is InChI=1S/C64H78Cl4N4O18/c1-35-49(59(75)81-3)51(43-9-5-13-45(65)55(43)67)53(61(77)87-25-7-11-41(37-15-16-37)38-17-18-38)47(33-85-31-29-83-27-23-69)71(35)89-63(79)57(73)58(74)64(80)90-72-36(2)50(60(76)82-4)52(44-10-6-14-46(66)56(44)68)54(48(72)34-86-32-30-84-28-24-70)62(78)88-26-8-12-42(39-19-20-39)40-21-22-40/h5-14,37-42,51-52,57-58,73-74H,15-34,69-70H2,1-4H3/b11-7+,12-8+/t51-,52-,57?,58?/m0/s1.